The van der Waals surface area contributed by atoms with Crippen molar-refractivity contribution >= 4 is 53.6 Å². The van der Waals surface area contributed by atoms with Crippen LogP contribution in [0.5, 0.6) is 0 Å². The van der Waals surface area contributed by atoms with E-state index in [1.807, 2.05) is 0 Å². The monoisotopic (exact) mass is 578 g/mol. The smallest absolute Gasteiger partial charge is 0.270 e. The molecule has 0 aromatic heterocycles. The Kier molecular flexibility index (Phi) is 7.06. The number of non-ortho nitro benzene ring substituents is 2. The third kappa shape index (κ3) is 5.20. The van der Waals surface area contributed by atoms with Crippen LogP contribution in [-0.2, 0) is 20.0 Å². The molecule has 2 N–H and O–H groups in total. The van der Waals surface area contributed by atoms with E-state index in [-0.39, 0.29) is 43.1 Å². The maximum atomic E-state index is 13.3. The SMILES string of the molecule is N#Cc1cc([N+](=O)[O-])ccc1NS(=O)(=O)c1cccc2c(S(=O)(=O)Nc3ccc([N+](=O)[O-])cc3C#N)cccc12. The number of benzene rings is 4. The fourth-order valence-corrected chi connectivity index (χ4v) is 6.38. The van der Waals surface area contributed by atoms with E-state index in [9.17, 15) is 47.6 Å². The summed E-state index contributed by atoms with van der Waals surface area (Å²) in [5.41, 5.74) is -1.89. The number of nitro benzene ring substituents is 2. The molecule has 0 atom stereocenters. The lowest BCUT2D eigenvalue weighted by molar-refractivity contribution is -0.385. The first-order valence-electron chi connectivity index (χ1n) is 10.8. The lowest BCUT2D eigenvalue weighted by atomic mass is 10.1. The summed E-state index contributed by atoms with van der Waals surface area (Å²) in [6.07, 6.45) is 0. The Hall–Kier alpha value is -5.58. The Morgan fingerprint density at radius 2 is 1.00 bits per heavy atom. The molecule has 0 aliphatic heterocycles. The third-order valence-electron chi connectivity index (χ3n) is 5.58. The van der Waals surface area contributed by atoms with Crippen molar-refractivity contribution < 1.29 is 26.7 Å². The maximum Gasteiger partial charge on any atom is 0.270 e. The second kappa shape index (κ2) is 10.3. The van der Waals surface area contributed by atoms with Crippen LogP contribution in [0, 0.1) is 42.9 Å². The minimum Gasteiger partial charge on any atom is -0.278 e. The van der Waals surface area contributed by atoms with Gasteiger partial charge in [-0.25, -0.2) is 16.8 Å². The molecular formula is C24H14N6O8S2. The minimum atomic E-state index is -4.44. The molecule has 0 unspecified atom stereocenters. The quantitative estimate of drug-likeness (QED) is 0.225. The number of nitro groups is 2. The van der Waals surface area contributed by atoms with Crippen LogP contribution in [-0.4, -0.2) is 26.7 Å². The molecule has 0 aliphatic rings. The van der Waals surface area contributed by atoms with E-state index < -0.39 is 41.3 Å². The van der Waals surface area contributed by atoms with Gasteiger partial charge < -0.3 is 0 Å². The summed E-state index contributed by atoms with van der Waals surface area (Å²) < 4.78 is 57.7. The number of rotatable bonds is 8. The van der Waals surface area contributed by atoms with Gasteiger partial charge in [0.15, 0.2) is 0 Å². The van der Waals surface area contributed by atoms with Crippen molar-refractivity contribution in [2.45, 2.75) is 9.79 Å². The second-order valence-electron chi connectivity index (χ2n) is 8.02. The fourth-order valence-electron chi connectivity index (χ4n) is 3.78. The van der Waals surface area contributed by atoms with Crippen molar-refractivity contribution in [1.29, 1.82) is 10.5 Å². The predicted octanol–water partition coefficient (Wildman–Crippen LogP) is 4.00. The molecule has 14 nitrogen and oxygen atoms in total. The largest absolute Gasteiger partial charge is 0.278 e. The van der Waals surface area contributed by atoms with Gasteiger partial charge >= 0.3 is 0 Å². The van der Waals surface area contributed by atoms with Crippen LogP contribution in [0.3, 0.4) is 0 Å². The molecule has 0 fully saturated rings. The van der Waals surface area contributed by atoms with Crippen LogP contribution >= 0.6 is 0 Å². The zero-order valence-corrected chi connectivity index (χ0v) is 21.4. The molecule has 40 heavy (non-hydrogen) atoms. The van der Waals surface area contributed by atoms with Gasteiger partial charge in [-0.2, -0.15) is 10.5 Å². The molecule has 0 saturated heterocycles. The summed E-state index contributed by atoms with van der Waals surface area (Å²) in [5, 5.41) is 40.7. The summed E-state index contributed by atoms with van der Waals surface area (Å²) in [5.74, 6) is 0. The van der Waals surface area contributed by atoms with Crippen molar-refractivity contribution in [3.8, 4) is 12.1 Å². The van der Waals surface area contributed by atoms with Crippen LogP contribution < -0.4 is 9.44 Å². The van der Waals surface area contributed by atoms with Crippen LogP contribution in [0.1, 0.15) is 11.1 Å². The molecule has 0 bridgehead atoms. The highest BCUT2D eigenvalue weighted by molar-refractivity contribution is 7.93. The zero-order valence-electron chi connectivity index (χ0n) is 19.8. The first-order valence-corrected chi connectivity index (χ1v) is 13.8. The summed E-state index contributed by atoms with van der Waals surface area (Å²) in [4.78, 5) is 19.8. The molecule has 0 heterocycles. The van der Waals surface area contributed by atoms with Crippen LogP contribution in [0.25, 0.3) is 10.8 Å². The average molecular weight is 579 g/mol. The zero-order chi connectivity index (χ0) is 29.2. The summed E-state index contributed by atoms with van der Waals surface area (Å²) in [6.45, 7) is 0. The number of nitrogens with one attached hydrogen (secondary N) is 2. The molecule has 4 aromatic carbocycles. The first kappa shape index (κ1) is 27.5. The molecule has 0 aliphatic carbocycles. The van der Waals surface area contributed by atoms with E-state index in [1.54, 1.807) is 12.1 Å². The number of sulfonamides is 2. The summed E-state index contributed by atoms with van der Waals surface area (Å²) in [7, 11) is -8.89. The number of nitrogens with zero attached hydrogens (tertiary/aromatic N) is 4. The Bertz CT molecular complexity index is 1880. The van der Waals surface area contributed by atoms with E-state index in [2.05, 4.69) is 9.44 Å². The van der Waals surface area contributed by atoms with E-state index >= 15 is 0 Å². The highest BCUT2D eigenvalue weighted by atomic mass is 32.2. The molecule has 16 heteroatoms. The normalized spacial score (nSPS) is 11.2. The Morgan fingerprint density at radius 3 is 1.32 bits per heavy atom. The third-order valence-corrected chi connectivity index (χ3v) is 8.43. The molecule has 0 radical (unpaired) electrons. The number of anilines is 2. The Balaban J connectivity index is 1.78. The number of fused-ring (bicyclic) bond motifs is 1. The van der Waals surface area contributed by atoms with Gasteiger partial charge in [-0.05, 0) is 24.3 Å². The molecule has 0 spiro atoms. The van der Waals surface area contributed by atoms with Crippen molar-refractivity contribution in [1.82, 2.24) is 0 Å². The van der Waals surface area contributed by atoms with Crippen LogP contribution in [0.15, 0.2) is 82.6 Å². The van der Waals surface area contributed by atoms with Gasteiger partial charge in [0.2, 0.25) is 0 Å². The molecule has 0 saturated carbocycles. The molecule has 200 valence electrons. The van der Waals surface area contributed by atoms with Crippen molar-refractivity contribution in [2.75, 3.05) is 9.44 Å². The van der Waals surface area contributed by atoms with Crippen molar-refractivity contribution in [2.24, 2.45) is 0 Å². The highest BCUT2D eigenvalue weighted by Gasteiger charge is 2.25. The lowest BCUT2D eigenvalue weighted by Gasteiger charge is -2.14. The Morgan fingerprint density at radius 1 is 0.625 bits per heavy atom. The fraction of sp³-hybridized carbons (Fsp3) is 0. The first-order chi connectivity index (χ1) is 18.9. The van der Waals surface area contributed by atoms with E-state index in [4.69, 9.17) is 0 Å². The minimum absolute atomic E-state index is 0.0116. The topological polar surface area (TPSA) is 226 Å². The average Bonchev–Trinajstić information content (AvgIpc) is 2.92. The van der Waals surface area contributed by atoms with E-state index in [1.165, 1.54) is 36.4 Å². The number of hydrogen-bond acceptors (Lipinski definition) is 10. The number of nitriles is 2. The van der Waals surface area contributed by atoms with Gasteiger partial charge in [0, 0.05) is 35.0 Å². The number of hydrogen-bond donors (Lipinski definition) is 2. The van der Waals surface area contributed by atoms with Crippen LogP contribution in [0.2, 0.25) is 0 Å². The van der Waals surface area contributed by atoms with Gasteiger partial charge in [-0.15, -0.1) is 0 Å². The van der Waals surface area contributed by atoms with E-state index in [0.717, 1.165) is 36.4 Å². The van der Waals surface area contributed by atoms with Gasteiger partial charge in [-0.3, -0.25) is 29.7 Å². The van der Waals surface area contributed by atoms with Gasteiger partial charge in [-0.1, -0.05) is 24.3 Å². The van der Waals surface area contributed by atoms with Gasteiger partial charge in [0.05, 0.1) is 42.1 Å². The van der Waals surface area contributed by atoms with Crippen LogP contribution in [0.4, 0.5) is 22.7 Å². The molecular weight excluding hydrogens is 564 g/mol. The van der Waals surface area contributed by atoms with Gasteiger partial charge in [0.1, 0.15) is 12.1 Å². The lowest BCUT2D eigenvalue weighted by Crippen LogP contribution is -2.16. The van der Waals surface area contributed by atoms with E-state index in [0.29, 0.717) is 0 Å². The second-order valence-corrected chi connectivity index (χ2v) is 11.3. The summed E-state index contributed by atoms with van der Waals surface area (Å²) in [6, 6.07) is 17.1. The molecule has 4 aromatic rings. The Labute approximate surface area is 226 Å². The molecule has 4 rings (SSSR count). The predicted molar refractivity (Wildman–Crippen MR) is 141 cm³/mol. The van der Waals surface area contributed by atoms with Crippen molar-refractivity contribution in [3.05, 3.63) is 104 Å². The van der Waals surface area contributed by atoms with Crippen molar-refractivity contribution in [3.63, 3.8) is 0 Å². The maximum absolute atomic E-state index is 13.3. The van der Waals surface area contributed by atoms with Gasteiger partial charge in [0.25, 0.3) is 31.4 Å². The highest BCUT2D eigenvalue weighted by Crippen LogP contribution is 2.32. The standard InChI is InChI=1S/C24H14N6O8S2/c25-13-15-11-17(29(31)32)7-9-21(15)27-39(35,36)23-5-1-3-19-20(23)4-2-6-24(19)40(37,38)28-22-10-8-18(30(33)34)12-16(22)14-26/h1-12,27-28H. The molecule has 0 amide bonds. The summed E-state index contributed by atoms with van der Waals surface area (Å²) >= 11 is 0.